The van der Waals surface area contributed by atoms with E-state index in [0.29, 0.717) is 17.6 Å². The summed E-state index contributed by atoms with van der Waals surface area (Å²) in [6.45, 7) is 10.8. The number of hydrogen-bond donors (Lipinski definition) is 1. The minimum absolute atomic E-state index is 0.0286. The predicted molar refractivity (Wildman–Crippen MR) is 83.4 cm³/mol. The van der Waals surface area contributed by atoms with Crippen molar-refractivity contribution in [3.8, 4) is 0 Å². The standard InChI is InChI=1S/C15H25N5O/c1-4-12(3)18-15-16-10-13(11-17-15)14(21)20-8-6-19(5-2)7-9-20/h10-12H,4-9H2,1-3H3,(H,16,17,18). The molecule has 1 fully saturated rings. The van der Waals surface area contributed by atoms with Crippen LogP contribution in [-0.2, 0) is 0 Å². The molecule has 6 heteroatoms. The zero-order chi connectivity index (χ0) is 15.2. The highest BCUT2D eigenvalue weighted by atomic mass is 16.2. The lowest BCUT2D eigenvalue weighted by Crippen LogP contribution is -2.48. The smallest absolute Gasteiger partial charge is 0.257 e. The molecular weight excluding hydrogens is 266 g/mol. The van der Waals surface area contributed by atoms with Crippen LogP contribution in [0.25, 0.3) is 0 Å². The molecular formula is C15H25N5O. The number of anilines is 1. The number of amides is 1. The maximum atomic E-state index is 12.4. The molecule has 0 aliphatic carbocycles. The summed E-state index contributed by atoms with van der Waals surface area (Å²) in [5.41, 5.74) is 0.564. The normalized spacial score (nSPS) is 17.6. The Labute approximate surface area is 126 Å². The molecule has 1 aromatic heterocycles. The van der Waals surface area contributed by atoms with Crippen LogP contribution in [0.3, 0.4) is 0 Å². The first kappa shape index (κ1) is 15.7. The van der Waals surface area contributed by atoms with Crippen molar-refractivity contribution < 1.29 is 4.79 Å². The number of nitrogens with zero attached hydrogens (tertiary/aromatic N) is 4. The molecule has 6 nitrogen and oxygen atoms in total. The Hall–Kier alpha value is -1.69. The molecule has 0 aromatic carbocycles. The van der Waals surface area contributed by atoms with E-state index in [-0.39, 0.29) is 5.91 Å². The summed E-state index contributed by atoms with van der Waals surface area (Å²) in [4.78, 5) is 25.1. The monoisotopic (exact) mass is 291 g/mol. The second-order valence-electron chi connectivity index (χ2n) is 5.48. The number of aromatic nitrogens is 2. The fourth-order valence-corrected chi connectivity index (χ4v) is 2.29. The largest absolute Gasteiger partial charge is 0.352 e. The van der Waals surface area contributed by atoms with Crippen molar-refractivity contribution in [3.05, 3.63) is 18.0 Å². The van der Waals surface area contributed by atoms with Crippen molar-refractivity contribution in [2.45, 2.75) is 33.2 Å². The minimum atomic E-state index is 0.0286. The van der Waals surface area contributed by atoms with E-state index in [4.69, 9.17) is 0 Å². The highest BCUT2D eigenvalue weighted by Crippen LogP contribution is 2.09. The number of piperazine rings is 1. The molecule has 1 saturated heterocycles. The van der Waals surface area contributed by atoms with Crippen LogP contribution in [0, 0.1) is 0 Å². The van der Waals surface area contributed by atoms with Gasteiger partial charge in [-0.2, -0.15) is 0 Å². The fourth-order valence-electron chi connectivity index (χ4n) is 2.29. The lowest BCUT2D eigenvalue weighted by atomic mass is 10.2. The molecule has 0 saturated carbocycles. The maximum absolute atomic E-state index is 12.4. The Morgan fingerprint density at radius 1 is 1.24 bits per heavy atom. The number of hydrogen-bond acceptors (Lipinski definition) is 5. The molecule has 0 radical (unpaired) electrons. The van der Waals surface area contributed by atoms with E-state index in [1.807, 2.05) is 4.90 Å². The van der Waals surface area contributed by atoms with Crippen molar-refractivity contribution in [1.82, 2.24) is 19.8 Å². The summed E-state index contributed by atoms with van der Waals surface area (Å²) >= 11 is 0. The fraction of sp³-hybridized carbons (Fsp3) is 0.667. The predicted octanol–water partition coefficient (Wildman–Crippen LogP) is 1.46. The summed E-state index contributed by atoms with van der Waals surface area (Å²) < 4.78 is 0. The summed E-state index contributed by atoms with van der Waals surface area (Å²) in [5, 5.41) is 3.20. The first-order chi connectivity index (χ1) is 10.1. The van der Waals surface area contributed by atoms with Gasteiger partial charge in [-0.15, -0.1) is 0 Å². The molecule has 0 bridgehead atoms. The Morgan fingerprint density at radius 3 is 2.38 bits per heavy atom. The van der Waals surface area contributed by atoms with Crippen molar-refractivity contribution in [1.29, 1.82) is 0 Å². The van der Waals surface area contributed by atoms with E-state index in [0.717, 1.165) is 39.1 Å². The maximum Gasteiger partial charge on any atom is 0.257 e. The Balaban J connectivity index is 1.94. The van der Waals surface area contributed by atoms with Crippen LogP contribution in [0.15, 0.2) is 12.4 Å². The Morgan fingerprint density at radius 2 is 1.86 bits per heavy atom. The zero-order valence-electron chi connectivity index (χ0n) is 13.2. The number of carbonyl (C=O) groups excluding carboxylic acids is 1. The van der Waals surface area contributed by atoms with Crippen LogP contribution < -0.4 is 5.32 Å². The average molecular weight is 291 g/mol. The topological polar surface area (TPSA) is 61.4 Å². The third-order valence-corrected chi connectivity index (χ3v) is 3.99. The van der Waals surface area contributed by atoms with Crippen molar-refractivity contribution >= 4 is 11.9 Å². The number of carbonyl (C=O) groups is 1. The van der Waals surface area contributed by atoms with Crippen molar-refractivity contribution in [3.63, 3.8) is 0 Å². The van der Waals surface area contributed by atoms with Gasteiger partial charge in [-0.25, -0.2) is 9.97 Å². The summed E-state index contributed by atoms with van der Waals surface area (Å²) in [6, 6.07) is 0.327. The quantitative estimate of drug-likeness (QED) is 0.890. The van der Waals surface area contributed by atoms with E-state index < -0.39 is 0 Å². The zero-order valence-corrected chi connectivity index (χ0v) is 13.2. The molecule has 1 unspecified atom stereocenters. The van der Waals surface area contributed by atoms with Crippen LogP contribution in [0.1, 0.15) is 37.6 Å². The second kappa shape index (κ2) is 7.36. The van der Waals surface area contributed by atoms with Gasteiger partial charge >= 0.3 is 0 Å². The van der Waals surface area contributed by atoms with Gasteiger partial charge in [-0.05, 0) is 19.9 Å². The van der Waals surface area contributed by atoms with Gasteiger partial charge in [0.1, 0.15) is 0 Å². The third kappa shape index (κ3) is 4.14. The molecule has 1 aliphatic rings. The van der Waals surface area contributed by atoms with Crippen molar-refractivity contribution in [2.24, 2.45) is 0 Å². The van der Waals surface area contributed by atoms with Crippen LogP contribution in [0.5, 0.6) is 0 Å². The van der Waals surface area contributed by atoms with Gasteiger partial charge in [0.2, 0.25) is 5.95 Å². The first-order valence-corrected chi connectivity index (χ1v) is 7.74. The van der Waals surface area contributed by atoms with E-state index in [1.165, 1.54) is 0 Å². The lowest BCUT2D eigenvalue weighted by Gasteiger charge is -2.33. The van der Waals surface area contributed by atoms with Gasteiger partial charge in [-0.3, -0.25) is 4.79 Å². The highest BCUT2D eigenvalue weighted by Gasteiger charge is 2.21. The van der Waals surface area contributed by atoms with E-state index >= 15 is 0 Å². The SMILES string of the molecule is CCC(C)Nc1ncc(C(=O)N2CCN(CC)CC2)cn1. The van der Waals surface area contributed by atoms with E-state index in [9.17, 15) is 4.79 Å². The average Bonchev–Trinajstić information content (AvgIpc) is 2.55. The molecule has 1 atom stereocenters. The number of rotatable bonds is 5. The lowest BCUT2D eigenvalue weighted by molar-refractivity contribution is 0.0642. The molecule has 1 aliphatic heterocycles. The molecule has 1 N–H and O–H groups in total. The van der Waals surface area contributed by atoms with Gasteiger partial charge in [0.05, 0.1) is 5.56 Å². The molecule has 1 aromatic rings. The van der Waals surface area contributed by atoms with Crippen LogP contribution >= 0.6 is 0 Å². The van der Waals surface area contributed by atoms with Crippen LogP contribution in [-0.4, -0.2) is 64.4 Å². The molecule has 2 rings (SSSR count). The van der Waals surface area contributed by atoms with Gasteiger partial charge in [0.25, 0.3) is 5.91 Å². The first-order valence-electron chi connectivity index (χ1n) is 7.74. The highest BCUT2D eigenvalue weighted by molar-refractivity contribution is 5.93. The van der Waals surface area contributed by atoms with Crippen molar-refractivity contribution in [2.75, 3.05) is 38.0 Å². The number of likely N-dealkylation sites (N-methyl/N-ethyl adjacent to an activating group) is 1. The number of nitrogens with one attached hydrogen (secondary N) is 1. The summed E-state index contributed by atoms with van der Waals surface area (Å²) in [5.74, 6) is 0.609. The van der Waals surface area contributed by atoms with Gasteiger partial charge in [0, 0.05) is 44.6 Å². The van der Waals surface area contributed by atoms with Crippen LogP contribution in [0.2, 0.25) is 0 Å². The van der Waals surface area contributed by atoms with Gasteiger partial charge < -0.3 is 15.1 Å². The molecule has 0 spiro atoms. The molecule has 2 heterocycles. The Kier molecular flexibility index (Phi) is 5.50. The van der Waals surface area contributed by atoms with Gasteiger partial charge in [-0.1, -0.05) is 13.8 Å². The third-order valence-electron chi connectivity index (χ3n) is 3.99. The molecule has 116 valence electrons. The van der Waals surface area contributed by atoms with E-state index in [2.05, 4.69) is 41.0 Å². The Bertz CT molecular complexity index is 454. The summed E-state index contributed by atoms with van der Waals surface area (Å²) in [6.07, 6.45) is 4.24. The second-order valence-corrected chi connectivity index (χ2v) is 5.48. The summed E-state index contributed by atoms with van der Waals surface area (Å²) in [7, 11) is 0. The van der Waals surface area contributed by atoms with E-state index in [1.54, 1.807) is 12.4 Å². The minimum Gasteiger partial charge on any atom is -0.352 e. The molecule has 1 amide bonds. The van der Waals surface area contributed by atoms with Gasteiger partial charge in [0.15, 0.2) is 0 Å². The molecule has 21 heavy (non-hydrogen) atoms. The van der Waals surface area contributed by atoms with Crippen LogP contribution in [0.4, 0.5) is 5.95 Å².